The van der Waals surface area contributed by atoms with Crippen LogP contribution >= 0.6 is 0 Å². The molecular weight excluding hydrogens is 893 g/mol. The average molecular weight is 959 g/mol. The van der Waals surface area contributed by atoms with E-state index >= 15 is 0 Å². The van der Waals surface area contributed by atoms with E-state index in [0.29, 0.717) is 0 Å². The van der Waals surface area contributed by atoms with Crippen LogP contribution in [0.3, 0.4) is 0 Å². The van der Waals surface area contributed by atoms with Crippen LogP contribution in [0.5, 0.6) is 0 Å². The number of hydrogen-bond acceptors (Lipinski definition) is 1. The van der Waals surface area contributed by atoms with Gasteiger partial charge in [-0.3, -0.25) is 0 Å². The third kappa shape index (κ3) is 8.73. The lowest BCUT2D eigenvalue weighted by molar-refractivity contribution is 0.751. The summed E-state index contributed by atoms with van der Waals surface area (Å²) in [5.74, 6) is 0. The van der Waals surface area contributed by atoms with Crippen LogP contribution in [-0.4, -0.2) is 4.57 Å². The van der Waals surface area contributed by atoms with Crippen molar-refractivity contribution < 1.29 is 0 Å². The maximum atomic E-state index is 2.47. The smallest absolute Gasteiger partial charge is 0.0711 e. The Morgan fingerprint density at radius 1 is 0.459 bits per heavy atom. The molecule has 364 valence electrons. The van der Waals surface area contributed by atoms with Crippen molar-refractivity contribution in [2.45, 2.75) is 78.6 Å². The number of allylic oxidation sites excluding steroid dienone is 9. The number of aromatic nitrogens is 1. The molecule has 2 nitrogen and oxygen atoms in total. The molecule has 1 atom stereocenters. The zero-order valence-corrected chi connectivity index (χ0v) is 43.7. The molecule has 8 aromatic carbocycles. The second-order valence-corrected chi connectivity index (χ2v) is 19.9. The Balaban J connectivity index is 0.000000169. The zero-order chi connectivity index (χ0) is 50.6. The SMILES string of the molecule is C1=CC(c2ccc(N(c3ccccc3)c3ccc4c(c3)C(C3=CCCC=C3)(c3ccccc3)c3ccccc3-4)cc2)=CCC1.CC.Cc1ccc(-n2c3c(c4cc(-c5ccccc5C)c(C)cc42)CCC=C3)cc1. The van der Waals surface area contributed by atoms with Gasteiger partial charge in [0.25, 0.3) is 0 Å². The minimum atomic E-state index is -0.383. The van der Waals surface area contributed by atoms with Crippen molar-refractivity contribution in [1.29, 1.82) is 0 Å². The van der Waals surface area contributed by atoms with E-state index in [4.69, 9.17) is 0 Å². The highest BCUT2D eigenvalue weighted by atomic mass is 15.1. The third-order valence-electron chi connectivity index (χ3n) is 15.4. The van der Waals surface area contributed by atoms with Gasteiger partial charge in [0, 0.05) is 33.8 Å². The summed E-state index contributed by atoms with van der Waals surface area (Å²) in [6.45, 7) is 10.6. The molecule has 1 aromatic heterocycles. The predicted molar refractivity (Wildman–Crippen MR) is 317 cm³/mol. The number of benzene rings is 8. The molecule has 0 saturated carbocycles. The average Bonchev–Trinajstić information content (AvgIpc) is 3.99. The molecule has 4 aliphatic rings. The molecule has 0 aliphatic heterocycles. The summed E-state index contributed by atoms with van der Waals surface area (Å²) in [4.78, 5) is 2.40. The van der Waals surface area contributed by atoms with E-state index < -0.39 is 0 Å². The first-order chi connectivity index (χ1) is 36.5. The maximum Gasteiger partial charge on any atom is 0.0711 e. The Labute approximate surface area is 439 Å². The van der Waals surface area contributed by atoms with Gasteiger partial charge in [-0.25, -0.2) is 0 Å². The van der Waals surface area contributed by atoms with Crippen molar-refractivity contribution in [3.63, 3.8) is 0 Å². The minimum absolute atomic E-state index is 0.383. The maximum absolute atomic E-state index is 2.47. The lowest BCUT2D eigenvalue weighted by atomic mass is 9.66. The summed E-state index contributed by atoms with van der Waals surface area (Å²) in [5.41, 5.74) is 25.7. The van der Waals surface area contributed by atoms with Gasteiger partial charge in [0.05, 0.1) is 10.9 Å². The van der Waals surface area contributed by atoms with E-state index in [0.717, 1.165) is 55.6 Å². The van der Waals surface area contributed by atoms with Gasteiger partial charge in [0.15, 0.2) is 0 Å². The van der Waals surface area contributed by atoms with Crippen LogP contribution in [0.15, 0.2) is 236 Å². The van der Waals surface area contributed by atoms with Gasteiger partial charge in [0.2, 0.25) is 0 Å². The molecule has 0 fully saturated rings. The highest BCUT2D eigenvalue weighted by Crippen LogP contribution is 2.58. The number of hydrogen-bond donors (Lipinski definition) is 0. The lowest BCUT2D eigenvalue weighted by Gasteiger charge is -2.36. The van der Waals surface area contributed by atoms with Crippen molar-refractivity contribution in [3.05, 3.63) is 286 Å². The molecule has 1 unspecified atom stereocenters. The summed E-state index contributed by atoms with van der Waals surface area (Å²) < 4.78 is 2.44. The Hall–Kier alpha value is -8.20. The van der Waals surface area contributed by atoms with E-state index in [1.807, 2.05) is 13.8 Å². The van der Waals surface area contributed by atoms with E-state index in [1.165, 1.54) is 100 Å². The number of anilines is 3. The van der Waals surface area contributed by atoms with Crippen molar-refractivity contribution in [3.8, 4) is 27.9 Å². The standard InChI is InChI=1S/C43H35N.C27H25N.C2H6/c1-5-15-32(16-6-1)33-25-27-37(28-26-33)44(36-21-11-4-12-22-36)38-29-30-40-39-23-13-14-24-41(39)43(42(40)31-38,34-17-7-2-8-18-34)35-19-9-3-10-20-35;1-18-12-14-21(15-13-18)28-26-11-7-6-10-23(26)25-17-24(20(3)16-27(25)28)22-9-5-4-8-19(22)2;1-2/h2,4-5,7-9,11-31H,1,3,6,10H2;4-5,7-9,11-17H,6,10H2,1-3H3;1-2H3. The van der Waals surface area contributed by atoms with Crippen LogP contribution in [0.25, 0.3) is 50.5 Å². The van der Waals surface area contributed by atoms with Gasteiger partial charge in [-0.05, 0) is 198 Å². The van der Waals surface area contributed by atoms with Crippen molar-refractivity contribution in [1.82, 2.24) is 4.57 Å². The number of fused-ring (bicyclic) bond motifs is 6. The topological polar surface area (TPSA) is 8.17 Å². The molecule has 0 amide bonds. The number of aryl methyl sites for hydroxylation is 4. The van der Waals surface area contributed by atoms with Crippen LogP contribution in [0, 0.1) is 20.8 Å². The Kier molecular flexibility index (Phi) is 13.7. The van der Waals surface area contributed by atoms with Crippen LogP contribution < -0.4 is 4.90 Å². The molecule has 1 heterocycles. The quantitative estimate of drug-likeness (QED) is 0.147. The minimum Gasteiger partial charge on any atom is -0.310 e. The molecule has 0 radical (unpaired) electrons. The van der Waals surface area contributed by atoms with Crippen molar-refractivity contribution in [2.75, 3.05) is 4.90 Å². The summed E-state index contributed by atoms with van der Waals surface area (Å²) >= 11 is 0. The van der Waals surface area contributed by atoms with E-state index in [1.54, 1.807) is 0 Å². The van der Waals surface area contributed by atoms with E-state index in [-0.39, 0.29) is 5.41 Å². The highest BCUT2D eigenvalue weighted by molar-refractivity contribution is 5.96. The summed E-state index contributed by atoms with van der Waals surface area (Å²) in [5, 5.41) is 1.39. The van der Waals surface area contributed by atoms with Gasteiger partial charge in [-0.2, -0.15) is 0 Å². The fourth-order valence-corrected chi connectivity index (χ4v) is 11.9. The Morgan fingerprint density at radius 3 is 1.81 bits per heavy atom. The van der Waals surface area contributed by atoms with Crippen molar-refractivity contribution in [2.24, 2.45) is 0 Å². The second-order valence-electron chi connectivity index (χ2n) is 19.9. The zero-order valence-electron chi connectivity index (χ0n) is 43.7. The van der Waals surface area contributed by atoms with Gasteiger partial charge in [-0.1, -0.05) is 189 Å². The number of rotatable bonds is 8. The van der Waals surface area contributed by atoms with Gasteiger partial charge in [-0.15, -0.1) is 0 Å². The van der Waals surface area contributed by atoms with Gasteiger partial charge in [0.1, 0.15) is 0 Å². The molecule has 4 aliphatic carbocycles. The Bertz CT molecular complexity index is 3630. The van der Waals surface area contributed by atoms with Crippen LogP contribution in [-0.2, 0) is 11.8 Å². The largest absolute Gasteiger partial charge is 0.310 e. The predicted octanol–water partition coefficient (Wildman–Crippen LogP) is 19.7. The molecule has 0 spiro atoms. The highest BCUT2D eigenvalue weighted by Gasteiger charge is 2.47. The summed E-state index contributed by atoms with van der Waals surface area (Å²) in [7, 11) is 0. The second kappa shape index (κ2) is 21.1. The molecule has 9 aromatic rings. The third-order valence-corrected chi connectivity index (χ3v) is 15.4. The molecule has 0 N–H and O–H groups in total. The van der Waals surface area contributed by atoms with Gasteiger partial charge >= 0.3 is 0 Å². The van der Waals surface area contributed by atoms with Crippen LogP contribution in [0.2, 0.25) is 0 Å². The molecule has 0 saturated heterocycles. The molecule has 2 heteroatoms. The van der Waals surface area contributed by atoms with E-state index in [2.05, 4.69) is 267 Å². The monoisotopic (exact) mass is 959 g/mol. The van der Waals surface area contributed by atoms with Gasteiger partial charge < -0.3 is 9.47 Å². The lowest BCUT2D eigenvalue weighted by Crippen LogP contribution is -2.29. The first-order valence-corrected chi connectivity index (χ1v) is 26.9. The first-order valence-electron chi connectivity index (χ1n) is 26.9. The first kappa shape index (κ1) is 48.1. The normalized spacial score (nSPS) is 15.9. The van der Waals surface area contributed by atoms with Crippen molar-refractivity contribution >= 4 is 39.6 Å². The molecule has 0 bridgehead atoms. The fourth-order valence-electron chi connectivity index (χ4n) is 11.9. The molecule has 13 rings (SSSR count). The Morgan fingerprint density at radius 2 is 1.09 bits per heavy atom. The van der Waals surface area contributed by atoms with Crippen LogP contribution in [0.1, 0.15) is 96.2 Å². The van der Waals surface area contributed by atoms with E-state index in [9.17, 15) is 0 Å². The summed E-state index contributed by atoms with van der Waals surface area (Å²) in [6.07, 6.45) is 25.3. The van der Waals surface area contributed by atoms with Crippen LogP contribution in [0.4, 0.5) is 17.1 Å². The summed E-state index contributed by atoms with van der Waals surface area (Å²) in [6, 6.07) is 69.5. The molecule has 74 heavy (non-hydrogen) atoms. The number of nitrogens with zero attached hydrogens (tertiary/aromatic N) is 2. The number of para-hydroxylation sites is 1. The fraction of sp³-hybridized carbons (Fsp3) is 0.167. The molecular formula is C72H66N2.